The van der Waals surface area contributed by atoms with E-state index in [9.17, 15) is 0 Å². The lowest BCUT2D eigenvalue weighted by Gasteiger charge is -2.23. The molecule has 1 heterocycles. The fraction of sp³-hybridized carbons (Fsp3) is 0.538. The van der Waals surface area contributed by atoms with Crippen LogP contribution < -0.4 is 4.74 Å². The maximum Gasteiger partial charge on any atom is 0.127 e. The number of aliphatic hydroxyl groups excluding tert-OH is 1. The van der Waals surface area contributed by atoms with Gasteiger partial charge in [0.05, 0.1) is 13.2 Å². The molecule has 1 aromatic carbocycles. The molecule has 1 aromatic rings. The van der Waals surface area contributed by atoms with E-state index in [1.807, 2.05) is 14.0 Å². The summed E-state index contributed by atoms with van der Waals surface area (Å²) in [5.74, 6) is 1.03. The molecule has 4 heteroatoms. The van der Waals surface area contributed by atoms with Crippen LogP contribution in [0.25, 0.3) is 0 Å². The van der Waals surface area contributed by atoms with Gasteiger partial charge in [0, 0.05) is 29.0 Å². The van der Waals surface area contributed by atoms with E-state index in [0.717, 1.165) is 29.8 Å². The van der Waals surface area contributed by atoms with Gasteiger partial charge in [-0.1, -0.05) is 15.9 Å². The van der Waals surface area contributed by atoms with Crippen molar-refractivity contribution in [2.45, 2.75) is 25.9 Å². The summed E-state index contributed by atoms with van der Waals surface area (Å²) in [6, 6.07) is 4.39. The topological polar surface area (TPSA) is 32.7 Å². The Hall–Kier alpha value is -0.580. The van der Waals surface area contributed by atoms with Gasteiger partial charge in [-0.25, -0.2) is 0 Å². The molecule has 0 bridgehead atoms. The maximum absolute atomic E-state index is 9.15. The lowest BCUT2D eigenvalue weighted by molar-refractivity contribution is 0.153. The van der Waals surface area contributed by atoms with Crippen molar-refractivity contribution in [1.29, 1.82) is 0 Å². The van der Waals surface area contributed by atoms with Gasteiger partial charge >= 0.3 is 0 Å². The van der Waals surface area contributed by atoms with Crippen LogP contribution in [0.1, 0.15) is 18.1 Å². The normalized spacial score (nSPS) is 15.8. The number of halogens is 1. The summed E-state index contributed by atoms with van der Waals surface area (Å²) < 4.78 is 6.79. The first-order valence-electron chi connectivity index (χ1n) is 5.87. The molecule has 17 heavy (non-hydrogen) atoms. The summed E-state index contributed by atoms with van der Waals surface area (Å²) in [7, 11) is 2.02. The highest BCUT2D eigenvalue weighted by Gasteiger charge is 2.19. The van der Waals surface area contributed by atoms with Crippen molar-refractivity contribution in [3.63, 3.8) is 0 Å². The average molecular weight is 300 g/mol. The number of ether oxygens (including phenoxy) is 1. The molecule has 0 aliphatic carbocycles. The van der Waals surface area contributed by atoms with Gasteiger partial charge in [0.2, 0.25) is 0 Å². The third kappa shape index (κ3) is 2.81. The van der Waals surface area contributed by atoms with Crippen molar-refractivity contribution in [2.75, 3.05) is 20.3 Å². The number of fused-ring (bicyclic) bond motifs is 1. The number of hydrogen-bond donors (Lipinski definition) is 1. The zero-order valence-electron chi connectivity index (χ0n) is 10.2. The summed E-state index contributed by atoms with van der Waals surface area (Å²) in [5, 5.41) is 9.15. The van der Waals surface area contributed by atoms with Crippen LogP contribution in [0.15, 0.2) is 16.6 Å². The van der Waals surface area contributed by atoms with Crippen molar-refractivity contribution < 1.29 is 9.84 Å². The van der Waals surface area contributed by atoms with Crippen molar-refractivity contribution >= 4 is 15.9 Å². The molecule has 94 valence electrons. The number of nitrogens with zero attached hydrogens (tertiary/aromatic N) is 1. The summed E-state index contributed by atoms with van der Waals surface area (Å²) in [4.78, 5) is 2.13. The summed E-state index contributed by atoms with van der Waals surface area (Å²) in [6.45, 7) is 3.76. The Morgan fingerprint density at radius 1 is 1.53 bits per heavy atom. The average Bonchev–Trinajstić information content (AvgIpc) is 2.75. The van der Waals surface area contributed by atoms with Crippen molar-refractivity contribution in [3.05, 3.63) is 27.7 Å². The Balaban J connectivity index is 2.21. The fourth-order valence-corrected chi connectivity index (χ4v) is 2.58. The van der Waals surface area contributed by atoms with Crippen molar-refractivity contribution in [3.8, 4) is 5.75 Å². The minimum atomic E-state index is 0.158. The summed E-state index contributed by atoms with van der Waals surface area (Å²) >= 11 is 3.54. The number of likely N-dealkylation sites (N-methyl/N-ethyl adjacent to an activating group) is 1. The van der Waals surface area contributed by atoms with Crippen LogP contribution in [-0.2, 0) is 13.0 Å². The molecule has 1 atom stereocenters. The molecule has 2 rings (SSSR count). The molecule has 0 saturated heterocycles. The van der Waals surface area contributed by atoms with Gasteiger partial charge in [-0.15, -0.1) is 0 Å². The van der Waals surface area contributed by atoms with E-state index < -0.39 is 0 Å². The molecular formula is C13H18BrNO2. The Labute approximate surface area is 111 Å². The second-order valence-corrected chi connectivity index (χ2v) is 5.51. The Morgan fingerprint density at radius 2 is 2.29 bits per heavy atom. The van der Waals surface area contributed by atoms with E-state index in [0.29, 0.717) is 0 Å². The zero-order valence-corrected chi connectivity index (χ0v) is 11.8. The standard InChI is InChI=1S/C13H18BrNO2/c1-9(8-16)15(2)7-11-6-12(14)5-10-3-4-17-13(10)11/h5-6,9,16H,3-4,7-8H2,1-2H3. The number of benzene rings is 1. The number of hydrogen-bond acceptors (Lipinski definition) is 3. The van der Waals surface area contributed by atoms with E-state index in [2.05, 4.69) is 33.0 Å². The minimum Gasteiger partial charge on any atom is -0.493 e. The predicted octanol–water partition coefficient (Wildman–Crippen LogP) is 2.20. The second kappa shape index (κ2) is 5.38. The smallest absolute Gasteiger partial charge is 0.127 e. The van der Waals surface area contributed by atoms with E-state index in [-0.39, 0.29) is 12.6 Å². The largest absolute Gasteiger partial charge is 0.493 e. The van der Waals surface area contributed by atoms with E-state index in [1.54, 1.807) is 0 Å². The molecular weight excluding hydrogens is 282 g/mol. The van der Waals surface area contributed by atoms with Crippen LogP contribution >= 0.6 is 15.9 Å². The van der Waals surface area contributed by atoms with Crippen LogP contribution in [0.5, 0.6) is 5.75 Å². The van der Waals surface area contributed by atoms with Gasteiger partial charge in [-0.2, -0.15) is 0 Å². The number of aliphatic hydroxyl groups is 1. The SMILES string of the molecule is CC(CO)N(C)Cc1cc(Br)cc2c1OCC2. The molecule has 0 spiro atoms. The monoisotopic (exact) mass is 299 g/mol. The van der Waals surface area contributed by atoms with E-state index in [1.165, 1.54) is 11.1 Å². The van der Waals surface area contributed by atoms with Gasteiger partial charge in [0.25, 0.3) is 0 Å². The summed E-state index contributed by atoms with van der Waals surface area (Å²) in [6.07, 6.45) is 0.987. The third-order valence-electron chi connectivity index (χ3n) is 3.26. The van der Waals surface area contributed by atoms with Gasteiger partial charge in [0.1, 0.15) is 5.75 Å². The molecule has 0 aromatic heterocycles. The highest BCUT2D eigenvalue weighted by Crippen LogP contribution is 2.33. The second-order valence-electron chi connectivity index (χ2n) is 4.60. The number of rotatable bonds is 4. The Kier molecular flexibility index (Phi) is 4.07. The summed E-state index contributed by atoms with van der Waals surface area (Å²) in [5.41, 5.74) is 2.47. The molecule has 0 fully saturated rings. The lowest BCUT2D eigenvalue weighted by atomic mass is 10.1. The first-order valence-corrected chi connectivity index (χ1v) is 6.66. The molecule has 1 aliphatic heterocycles. The van der Waals surface area contributed by atoms with E-state index in [4.69, 9.17) is 9.84 Å². The molecule has 1 aliphatic rings. The molecule has 1 unspecified atom stereocenters. The first kappa shape index (κ1) is 12.9. The van der Waals surface area contributed by atoms with Crippen LogP contribution in [0.2, 0.25) is 0 Å². The van der Waals surface area contributed by atoms with E-state index >= 15 is 0 Å². The molecule has 0 radical (unpaired) electrons. The molecule has 0 saturated carbocycles. The molecule has 0 amide bonds. The van der Waals surface area contributed by atoms with Crippen LogP contribution in [-0.4, -0.2) is 36.3 Å². The van der Waals surface area contributed by atoms with Crippen LogP contribution in [0.4, 0.5) is 0 Å². The third-order valence-corrected chi connectivity index (χ3v) is 3.72. The van der Waals surface area contributed by atoms with Crippen molar-refractivity contribution in [2.24, 2.45) is 0 Å². The van der Waals surface area contributed by atoms with Crippen LogP contribution in [0, 0.1) is 0 Å². The first-order chi connectivity index (χ1) is 8.11. The molecule has 3 nitrogen and oxygen atoms in total. The Morgan fingerprint density at radius 3 is 3.00 bits per heavy atom. The van der Waals surface area contributed by atoms with Gasteiger partial charge in [-0.05, 0) is 31.7 Å². The van der Waals surface area contributed by atoms with Gasteiger partial charge in [0.15, 0.2) is 0 Å². The highest BCUT2D eigenvalue weighted by atomic mass is 79.9. The van der Waals surface area contributed by atoms with Gasteiger partial charge in [-0.3, -0.25) is 4.90 Å². The molecule has 1 N–H and O–H groups in total. The fourth-order valence-electron chi connectivity index (χ4n) is 2.03. The maximum atomic E-state index is 9.15. The predicted molar refractivity (Wildman–Crippen MR) is 71.4 cm³/mol. The quantitative estimate of drug-likeness (QED) is 0.925. The van der Waals surface area contributed by atoms with Gasteiger partial charge < -0.3 is 9.84 Å². The van der Waals surface area contributed by atoms with Crippen molar-refractivity contribution in [1.82, 2.24) is 4.90 Å². The lowest BCUT2D eigenvalue weighted by Crippen LogP contribution is -2.31. The zero-order chi connectivity index (χ0) is 12.4. The Bertz CT molecular complexity index is 409. The minimum absolute atomic E-state index is 0.158. The van der Waals surface area contributed by atoms with Crippen LogP contribution in [0.3, 0.4) is 0 Å². The highest BCUT2D eigenvalue weighted by molar-refractivity contribution is 9.10.